The van der Waals surface area contributed by atoms with Gasteiger partial charge in [0.05, 0.1) is 12.3 Å². The number of hydrogen-bond donors (Lipinski definition) is 1. The molecule has 0 aliphatic carbocycles. The van der Waals surface area contributed by atoms with Gasteiger partial charge in [-0.1, -0.05) is 11.6 Å². The standard InChI is InChI=1S/C9H12ClN3O/c10-8-5-11-6-13-9(8)12-4-7-2-1-3-14-7/h5-7H,1-4H2,(H,11,12,13). The number of ether oxygens (including phenoxy) is 1. The zero-order valence-electron chi connectivity index (χ0n) is 7.74. The smallest absolute Gasteiger partial charge is 0.148 e. The van der Waals surface area contributed by atoms with E-state index >= 15 is 0 Å². The maximum Gasteiger partial charge on any atom is 0.148 e. The molecule has 5 heteroatoms. The van der Waals surface area contributed by atoms with Crippen LogP contribution in [0.25, 0.3) is 0 Å². The average molecular weight is 214 g/mol. The molecule has 0 aromatic carbocycles. The molecule has 1 unspecified atom stereocenters. The average Bonchev–Trinajstić information content (AvgIpc) is 2.69. The summed E-state index contributed by atoms with van der Waals surface area (Å²) >= 11 is 5.88. The molecule has 1 fully saturated rings. The van der Waals surface area contributed by atoms with Crippen molar-refractivity contribution in [2.45, 2.75) is 18.9 Å². The van der Waals surface area contributed by atoms with Crippen molar-refractivity contribution in [2.24, 2.45) is 0 Å². The Kier molecular flexibility index (Phi) is 3.16. The fourth-order valence-electron chi connectivity index (χ4n) is 1.46. The molecular formula is C9H12ClN3O. The summed E-state index contributed by atoms with van der Waals surface area (Å²) < 4.78 is 5.47. The lowest BCUT2D eigenvalue weighted by atomic mass is 10.2. The molecule has 76 valence electrons. The van der Waals surface area contributed by atoms with Crippen molar-refractivity contribution >= 4 is 17.4 Å². The topological polar surface area (TPSA) is 47.0 Å². The minimum atomic E-state index is 0.293. The van der Waals surface area contributed by atoms with E-state index in [-0.39, 0.29) is 0 Å². The first-order valence-electron chi connectivity index (χ1n) is 4.67. The van der Waals surface area contributed by atoms with E-state index in [0.29, 0.717) is 16.9 Å². The third-order valence-corrected chi connectivity index (χ3v) is 2.47. The zero-order valence-corrected chi connectivity index (χ0v) is 8.50. The van der Waals surface area contributed by atoms with Gasteiger partial charge in [0.25, 0.3) is 0 Å². The summed E-state index contributed by atoms with van der Waals surface area (Å²) in [6, 6.07) is 0. The molecule has 0 spiro atoms. The highest BCUT2D eigenvalue weighted by atomic mass is 35.5. The fraction of sp³-hybridized carbons (Fsp3) is 0.556. The molecule has 4 nitrogen and oxygen atoms in total. The number of nitrogens with one attached hydrogen (secondary N) is 1. The lowest BCUT2D eigenvalue weighted by Gasteiger charge is -2.11. The highest BCUT2D eigenvalue weighted by Crippen LogP contribution is 2.18. The van der Waals surface area contributed by atoms with Crippen LogP contribution in [0.2, 0.25) is 5.02 Å². The zero-order chi connectivity index (χ0) is 9.80. The van der Waals surface area contributed by atoms with Crippen molar-refractivity contribution in [1.82, 2.24) is 9.97 Å². The van der Waals surface area contributed by atoms with Gasteiger partial charge in [-0.3, -0.25) is 0 Å². The van der Waals surface area contributed by atoms with Gasteiger partial charge in [0.2, 0.25) is 0 Å². The van der Waals surface area contributed by atoms with Gasteiger partial charge in [0, 0.05) is 13.2 Å². The lowest BCUT2D eigenvalue weighted by Crippen LogP contribution is -2.19. The van der Waals surface area contributed by atoms with Gasteiger partial charge in [0.15, 0.2) is 0 Å². The van der Waals surface area contributed by atoms with E-state index in [2.05, 4.69) is 15.3 Å². The summed E-state index contributed by atoms with van der Waals surface area (Å²) in [5, 5.41) is 3.69. The summed E-state index contributed by atoms with van der Waals surface area (Å²) in [4.78, 5) is 7.84. The predicted molar refractivity (Wildman–Crippen MR) is 54.5 cm³/mol. The molecule has 14 heavy (non-hydrogen) atoms. The van der Waals surface area contributed by atoms with Gasteiger partial charge in [0.1, 0.15) is 17.2 Å². The van der Waals surface area contributed by atoms with Crippen LogP contribution >= 0.6 is 11.6 Å². The van der Waals surface area contributed by atoms with Crippen molar-refractivity contribution in [3.63, 3.8) is 0 Å². The maximum absolute atomic E-state index is 5.88. The Hall–Kier alpha value is -0.870. The number of halogens is 1. The molecule has 2 heterocycles. The van der Waals surface area contributed by atoms with E-state index in [9.17, 15) is 0 Å². The first-order chi connectivity index (χ1) is 6.86. The molecule has 0 bridgehead atoms. The summed E-state index contributed by atoms with van der Waals surface area (Å²) in [5.41, 5.74) is 0. The van der Waals surface area contributed by atoms with E-state index in [1.807, 2.05) is 0 Å². The van der Waals surface area contributed by atoms with Crippen LogP contribution in [-0.2, 0) is 4.74 Å². The van der Waals surface area contributed by atoms with Crippen molar-refractivity contribution in [3.8, 4) is 0 Å². The highest BCUT2D eigenvalue weighted by molar-refractivity contribution is 6.32. The van der Waals surface area contributed by atoms with Crippen molar-refractivity contribution in [2.75, 3.05) is 18.5 Å². The molecule has 0 radical (unpaired) electrons. The van der Waals surface area contributed by atoms with Crippen LogP contribution in [0.3, 0.4) is 0 Å². The third kappa shape index (κ3) is 2.33. The van der Waals surface area contributed by atoms with Gasteiger partial charge in [-0.25, -0.2) is 9.97 Å². The quantitative estimate of drug-likeness (QED) is 0.831. The number of aromatic nitrogens is 2. The van der Waals surface area contributed by atoms with Crippen LogP contribution in [0.15, 0.2) is 12.5 Å². The minimum absolute atomic E-state index is 0.293. The molecule has 1 aliphatic heterocycles. The van der Waals surface area contributed by atoms with Crippen LogP contribution < -0.4 is 5.32 Å². The Morgan fingerprint density at radius 1 is 1.64 bits per heavy atom. The van der Waals surface area contributed by atoms with Crippen LogP contribution in [-0.4, -0.2) is 29.2 Å². The Labute approximate surface area is 87.7 Å². The molecule has 1 aromatic rings. The molecule has 1 aromatic heterocycles. The van der Waals surface area contributed by atoms with Gasteiger partial charge in [-0.2, -0.15) is 0 Å². The number of nitrogens with zero attached hydrogens (tertiary/aromatic N) is 2. The summed E-state index contributed by atoms with van der Waals surface area (Å²) in [5.74, 6) is 0.678. The Balaban J connectivity index is 1.88. The molecule has 1 atom stereocenters. The molecule has 0 saturated carbocycles. The molecular weight excluding hydrogens is 202 g/mol. The van der Waals surface area contributed by atoms with Crippen LogP contribution in [0.5, 0.6) is 0 Å². The van der Waals surface area contributed by atoms with Crippen molar-refractivity contribution in [3.05, 3.63) is 17.5 Å². The molecule has 0 amide bonds. The molecule has 2 rings (SSSR count). The van der Waals surface area contributed by atoms with Crippen molar-refractivity contribution in [1.29, 1.82) is 0 Å². The van der Waals surface area contributed by atoms with E-state index < -0.39 is 0 Å². The SMILES string of the molecule is Clc1cncnc1NCC1CCCO1. The second-order valence-electron chi connectivity index (χ2n) is 3.24. The minimum Gasteiger partial charge on any atom is -0.376 e. The summed E-state index contributed by atoms with van der Waals surface area (Å²) in [6.07, 6.45) is 5.59. The Morgan fingerprint density at radius 3 is 3.29 bits per heavy atom. The Bertz CT molecular complexity index is 302. The number of hydrogen-bond acceptors (Lipinski definition) is 4. The van der Waals surface area contributed by atoms with Gasteiger partial charge in [-0.15, -0.1) is 0 Å². The van der Waals surface area contributed by atoms with Crippen LogP contribution in [0.4, 0.5) is 5.82 Å². The molecule has 1 N–H and O–H groups in total. The molecule has 1 aliphatic rings. The van der Waals surface area contributed by atoms with Crippen molar-refractivity contribution < 1.29 is 4.74 Å². The lowest BCUT2D eigenvalue weighted by molar-refractivity contribution is 0.120. The maximum atomic E-state index is 5.88. The van der Waals surface area contributed by atoms with E-state index in [4.69, 9.17) is 16.3 Å². The second-order valence-corrected chi connectivity index (χ2v) is 3.64. The number of anilines is 1. The first kappa shape index (κ1) is 9.68. The van der Waals surface area contributed by atoms with Crippen LogP contribution in [0.1, 0.15) is 12.8 Å². The largest absolute Gasteiger partial charge is 0.376 e. The fourth-order valence-corrected chi connectivity index (χ4v) is 1.63. The first-order valence-corrected chi connectivity index (χ1v) is 5.05. The van der Waals surface area contributed by atoms with E-state index in [1.54, 1.807) is 6.20 Å². The van der Waals surface area contributed by atoms with E-state index in [1.165, 1.54) is 6.33 Å². The van der Waals surface area contributed by atoms with Gasteiger partial charge >= 0.3 is 0 Å². The molecule has 1 saturated heterocycles. The number of rotatable bonds is 3. The normalized spacial score (nSPS) is 21.1. The van der Waals surface area contributed by atoms with Gasteiger partial charge < -0.3 is 10.1 Å². The van der Waals surface area contributed by atoms with Crippen LogP contribution in [0, 0.1) is 0 Å². The highest BCUT2D eigenvalue weighted by Gasteiger charge is 2.15. The second kappa shape index (κ2) is 4.57. The Morgan fingerprint density at radius 2 is 2.57 bits per heavy atom. The predicted octanol–water partition coefficient (Wildman–Crippen LogP) is 1.72. The third-order valence-electron chi connectivity index (χ3n) is 2.19. The monoisotopic (exact) mass is 213 g/mol. The van der Waals surface area contributed by atoms with Gasteiger partial charge in [-0.05, 0) is 12.8 Å². The summed E-state index contributed by atoms with van der Waals surface area (Å²) in [7, 11) is 0. The summed E-state index contributed by atoms with van der Waals surface area (Å²) in [6.45, 7) is 1.63. The van der Waals surface area contributed by atoms with E-state index in [0.717, 1.165) is 26.0 Å².